The Kier molecular flexibility index (Phi) is 4.00. The van der Waals surface area contributed by atoms with Crippen LogP contribution in [0.2, 0.25) is 0 Å². The van der Waals surface area contributed by atoms with Crippen LogP contribution in [0.25, 0.3) is 5.69 Å². The van der Waals surface area contributed by atoms with Crippen LogP contribution >= 0.6 is 0 Å². The molecule has 0 spiro atoms. The standard InChI is InChI=1S/C16H18N4O2/c1-12-6-7-13(21)8-11-19(12)16(22)14-4-2-3-5-15(14)20-17-9-10-18-20/h2-5,9-10,12H,6-8,11H2,1H3. The van der Waals surface area contributed by atoms with E-state index in [1.807, 2.05) is 25.1 Å². The quantitative estimate of drug-likeness (QED) is 0.848. The molecule has 0 bridgehead atoms. The molecule has 2 heterocycles. The fourth-order valence-electron chi connectivity index (χ4n) is 2.74. The van der Waals surface area contributed by atoms with E-state index in [1.54, 1.807) is 23.4 Å². The summed E-state index contributed by atoms with van der Waals surface area (Å²) in [4.78, 5) is 27.8. The van der Waals surface area contributed by atoms with Gasteiger partial charge in [-0.1, -0.05) is 12.1 Å². The molecule has 22 heavy (non-hydrogen) atoms. The van der Waals surface area contributed by atoms with E-state index in [-0.39, 0.29) is 17.7 Å². The molecule has 114 valence electrons. The van der Waals surface area contributed by atoms with E-state index in [4.69, 9.17) is 0 Å². The van der Waals surface area contributed by atoms with E-state index in [2.05, 4.69) is 10.2 Å². The van der Waals surface area contributed by atoms with Crippen molar-refractivity contribution in [3.63, 3.8) is 0 Å². The monoisotopic (exact) mass is 298 g/mol. The molecule has 2 aromatic rings. The minimum Gasteiger partial charge on any atom is -0.335 e. The second kappa shape index (κ2) is 6.09. The van der Waals surface area contributed by atoms with E-state index in [0.29, 0.717) is 37.1 Å². The minimum absolute atomic E-state index is 0.0533. The molecule has 1 aliphatic rings. The van der Waals surface area contributed by atoms with Gasteiger partial charge >= 0.3 is 0 Å². The van der Waals surface area contributed by atoms with Crippen molar-refractivity contribution in [2.75, 3.05) is 6.54 Å². The van der Waals surface area contributed by atoms with E-state index in [9.17, 15) is 9.59 Å². The molecule has 6 heteroatoms. The maximum absolute atomic E-state index is 12.9. The highest BCUT2D eigenvalue weighted by Crippen LogP contribution is 2.20. The van der Waals surface area contributed by atoms with Gasteiger partial charge in [-0.25, -0.2) is 0 Å². The first kappa shape index (κ1) is 14.4. The molecule has 1 aromatic heterocycles. The number of hydrogen-bond donors (Lipinski definition) is 0. The zero-order valence-corrected chi connectivity index (χ0v) is 12.5. The Morgan fingerprint density at radius 3 is 2.68 bits per heavy atom. The number of nitrogens with zero attached hydrogens (tertiary/aromatic N) is 4. The molecule has 1 aromatic carbocycles. The summed E-state index contributed by atoms with van der Waals surface area (Å²) in [5, 5.41) is 8.21. The summed E-state index contributed by atoms with van der Waals surface area (Å²) in [6.07, 6.45) is 4.85. The number of para-hydroxylation sites is 1. The highest BCUT2D eigenvalue weighted by Gasteiger charge is 2.27. The number of Topliss-reactive ketones (excluding diaryl/α,β-unsaturated/α-hetero) is 1. The van der Waals surface area contributed by atoms with Crippen LogP contribution in [-0.4, -0.2) is 44.2 Å². The van der Waals surface area contributed by atoms with Gasteiger partial charge in [-0.3, -0.25) is 9.59 Å². The normalized spacial score (nSPS) is 19.0. The number of likely N-dealkylation sites (tertiary alicyclic amines) is 1. The first-order valence-corrected chi connectivity index (χ1v) is 7.45. The highest BCUT2D eigenvalue weighted by molar-refractivity contribution is 5.98. The van der Waals surface area contributed by atoms with Gasteiger partial charge in [-0.05, 0) is 25.5 Å². The van der Waals surface area contributed by atoms with Gasteiger partial charge < -0.3 is 4.90 Å². The number of hydrogen-bond acceptors (Lipinski definition) is 4. The third-order valence-corrected chi connectivity index (χ3v) is 4.03. The molecule has 1 amide bonds. The second-order valence-corrected chi connectivity index (χ2v) is 5.51. The van der Waals surface area contributed by atoms with Crippen LogP contribution in [0.5, 0.6) is 0 Å². The summed E-state index contributed by atoms with van der Waals surface area (Å²) in [7, 11) is 0. The second-order valence-electron chi connectivity index (χ2n) is 5.51. The van der Waals surface area contributed by atoms with Crippen LogP contribution < -0.4 is 0 Å². The van der Waals surface area contributed by atoms with Crippen LogP contribution in [0.4, 0.5) is 0 Å². The van der Waals surface area contributed by atoms with Crippen molar-refractivity contribution in [1.82, 2.24) is 19.9 Å². The summed E-state index contributed by atoms with van der Waals surface area (Å²) in [5.41, 5.74) is 1.21. The van der Waals surface area contributed by atoms with Crippen LogP contribution in [-0.2, 0) is 4.79 Å². The Labute approximate surface area is 128 Å². The molecule has 0 radical (unpaired) electrons. The lowest BCUT2D eigenvalue weighted by molar-refractivity contribution is -0.118. The largest absolute Gasteiger partial charge is 0.335 e. The predicted octanol–water partition coefficient (Wildman–Crippen LogP) is 1.85. The van der Waals surface area contributed by atoms with Crippen LogP contribution in [0, 0.1) is 0 Å². The van der Waals surface area contributed by atoms with Crippen molar-refractivity contribution in [3.8, 4) is 5.69 Å². The van der Waals surface area contributed by atoms with Crippen molar-refractivity contribution in [2.45, 2.75) is 32.2 Å². The molecule has 1 fully saturated rings. The van der Waals surface area contributed by atoms with Gasteiger partial charge in [0.2, 0.25) is 0 Å². The third kappa shape index (κ3) is 2.77. The van der Waals surface area contributed by atoms with Gasteiger partial charge in [0, 0.05) is 25.4 Å². The van der Waals surface area contributed by atoms with Gasteiger partial charge in [-0.15, -0.1) is 0 Å². The van der Waals surface area contributed by atoms with Crippen molar-refractivity contribution >= 4 is 11.7 Å². The number of carbonyl (C=O) groups is 2. The maximum Gasteiger partial charge on any atom is 0.256 e. The molecule has 0 N–H and O–H groups in total. The van der Waals surface area contributed by atoms with Crippen LogP contribution in [0.1, 0.15) is 36.5 Å². The molecular weight excluding hydrogens is 280 g/mol. The molecule has 0 aliphatic carbocycles. The summed E-state index contributed by atoms with van der Waals surface area (Å²) in [6, 6.07) is 7.33. The fraction of sp³-hybridized carbons (Fsp3) is 0.375. The maximum atomic E-state index is 12.9. The fourth-order valence-corrected chi connectivity index (χ4v) is 2.74. The first-order chi connectivity index (χ1) is 10.7. The van der Waals surface area contributed by atoms with Crippen molar-refractivity contribution < 1.29 is 9.59 Å². The topological polar surface area (TPSA) is 68.1 Å². The van der Waals surface area contributed by atoms with E-state index in [0.717, 1.165) is 0 Å². The highest BCUT2D eigenvalue weighted by atomic mass is 16.2. The SMILES string of the molecule is CC1CCC(=O)CCN1C(=O)c1ccccc1-n1nccn1. The van der Waals surface area contributed by atoms with E-state index >= 15 is 0 Å². The van der Waals surface area contributed by atoms with Crippen molar-refractivity contribution in [1.29, 1.82) is 0 Å². The third-order valence-electron chi connectivity index (χ3n) is 4.03. The molecule has 3 rings (SSSR count). The Hall–Kier alpha value is -2.50. The average molecular weight is 298 g/mol. The smallest absolute Gasteiger partial charge is 0.256 e. The summed E-state index contributed by atoms with van der Waals surface area (Å²) in [5.74, 6) is 0.152. The average Bonchev–Trinajstić information content (AvgIpc) is 3.01. The minimum atomic E-state index is -0.0740. The molecule has 1 aliphatic heterocycles. The molecular formula is C16H18N4O2. The molecule has 1 saturated heterocycles. The zero-order valence-electron chi connectivity index (χ0n) is 12.5. The Morgan fingerprint density at radius 1 is 1.18 bits per heavy atom. The molecule has 1 unspecified atom stereocenters. The summed E-state index contributed by atoms with van der Waals surface area (Å²) in [6.45, 7) is 2.46. The summed E-state index contributed by atoms with van der Waals surface area (Å²) < 4.78 is 0. The van der Waals surface area contributed by atoms with E-state index in [1.165, 1.54) is 4.80 Å². The number of ketones is 1. The van der Waals surface area contributed by atoms with Crippen molar-refractivity contribution in [3.05, 3.63) is 42.2 Å². The lowest BCUT2D eigenvalue weighted by Crippen LogP contribution is -2.38. The molecule has 0 saturated carbocycles. The first-order valence-electron chi connectivity index (χ1n) is 7.45. The van der Waals surface area contributed by atoms with Crippen LogP contribution in [0.3, 0.4) is 0 Å². The molecule has 6 nitrogen and oxygen atoms in total. The zero-order chi connectivity index (χ0) is 15.5. The lowest BCUT2D eigenvalue weighted by Gasteiger charge is -2.27. The van der Waals surface area contributed by atoms with Crippen molar-refractivity contribution in [2.24, 2.45) is 0 Å². The van der Waals surface area contributed by atoms with E-state index < -0.39 is 0 Å². The number of aromatic nitrogens is 3. The Balaban J connectivity index is 1.94. The number of amides is 1. The summed E-state index contributed by atoms with van der Waals surface area (Å²) >= 11 is 0. The van der Waals surface area contributed by atoms with Gasteiger partial charge in [0.15, 0.2) is 0 Å². The van der Waals surface area contributed by atoms with Gasteiger partial charge in [0.25, 0.3) is 5.91 Å². The number of benzene rings is 1. The number of rotatable bonds is 2. The van der Waals surface area contributed by atoms with Crippen LogP contribution in [0.15, 0.2) is 36.7 Å². The Morgan fingerprint density at radius 2 is 1.91 bits per heavy atom. The number of carbonyl (C=O) groups excluding carboxylic acids is 2. The van der Waals surface area contributed by atoms with Gasteiger partial charge in [0.05, 0.1) is 23.6 Å². The Bertz CT molecular complexity index is 681. The molecule has 1 atom stereocenters. The van der Waals surface area contributed by atoms with Gasteiger partial charge in [-0.2, -0.15) is 15.0 Å². The van der Waals surface area contributed by atoms with Gasteiger partial charge in [0.1, 0.15) is 5.78 Å². The predicted molar refractivity (Wildman–Crippen MR) is 80.7 cm³/mol. The lowest BCUT2D eigenvalue weighted by atomic mass is 10.1.